The Morgan fingerprint density at radius 3 is 2.53 bits per heavy atom. The molecular formula is C23H26N8O. The lowest BCUT2D eigenvalue weighted by molar-refractivity contribution is 0.297. The average molecular weight is 431 g/mol. The molecule has 0 saturated heterocycles. The second-order valence-electron chi connectivity index (χ2n) is 9.29. The van der Waals surface area contributed by atoms with Gasteiger partial charge in [-0.15, -0.1) is 4.80 Å². The van der Waals surface area contributed by atoms with E-state index >= 15 is 0 Å². The van der Waals surface area contributed by atoms with Crippen molar-refractivity contribution in [3.8, 4) is 22.8 Å². The summed E-state index contributed by atoms with van der Waals surface area (Å²) in [6.45, 7) is 8.80. The molecule has 0 radical (unpaired) electrons. The fourth-order valence-corrected chi connectivity index (χ4v) is 4.49. The minimum Gasteiger partial charge on any atom is -0.494 e. The summed E-state index contributed by atoms with van der Waals surface area (Å²) in [6, 6.07) is 3.88. The van der Waals surface area contributed by atoms with Gasteiger partial charge >= 0.3 is 0 Å². The minimum atomic E-state index is -0.103. The maximum absolute atomic E-state index is 5.58. The second-order valence-corrected chi connectivity index (χ2v) is 9.29. The number of aromatic nitrogens is 7. The lowest BCUT2D eigenvalue weighted by Gasteiger charge is -2.41. The molecule has 0 spiro atoms. The SMILES string of the molecule is COc1cc(-n2nccn2)cnc1-c1cn2ccc(C3=CC(C)(C)NC(C)(C)C3)nc2n1. The number of rotatable bonds is 4. The van der Waals surface area contributed by atoms with Gasteiger partial charge in [-0.1, -0.05) is 6.08 Å². The van der Waals surface area contributed by atoms with Gasteiger partial charge in [0.1, 0.15) is 22.8 Å². The summed E-state index contributed by atoms with van der Waals surface area (Å²) >= 11 is 0. The van der Waals surface area contributed by atoms with Crippen molar-refractivity contribution in [3.05, 3.63) is 54.9 Å². The van der Waals surface area contributed by atoms with Crippen LogP contribution in [0.15, 0.2) is 49.2 Å². The molecule has 0 atom stereocenters. The third kappa shape index (κ3) is 3.75. The third-order valence-electron chi connectivity index (χ3n) is 5.43. The van der Waals surface area contributed by atoms with Gasteiger partial charge in [0.2, 0.25) is 5.78 Å². The summed E-state index contributed by atoms with van der Waals surface area (Å²) < 4.78 is 7.49. The Labute approximate surface area is 186 Å². The zero-order valence-corrected chi connectivity index (χ0v) is 18.9. The molecule has 0 aromatic carbocycles. The second kappa shape index (κ2) is 7.23. The molecule has 0 bridgehead atoms. The van der Waals surface area contributed by atoms with E-state index in [1.54, 1.807) is 25.7 Å². The van der Waals surface area contributed by atoms with E-state index in [9.17, 15) is 0 Å². The van der Waals surface area contributed by atoms with E-state index in [2.05, 4.69) is 54.3 Å². The van der Waals surface area contributed by atoms with Crippen LogP contribution in [0.5, 0.6) is 5.75 Å². The van der Waals surface area contributed by atoms with E-state index < -0.39 is 0 Å². The molecule has 0 saturated carbocycles. The van der Waals surface area contributed by atoms with Crippen LogP contribution in [0.3, 0.4) is 0 Å². The highest BCUT2D eigenvalue weighted by molar-refractivity contribution is 5.69. The van der Waals surface area contributed by atoms with Crippen LogP contribution in [0.25, 0.3) is 28.4 Å². The lowest BCUT2D eigenvalue weighted by Crippen LogP contribution is -2.53. The summed E-state index contributed by atoms with van der Waals surface area (Å²) in [5, 5.41) is 12.0. The standard InChI is InChI=1S/C23H26N8O/c1-22(2)11-15(12-23(3,4)29-22)17-6-9-30-14-18(28-21(30)27-17)20-19(32-5)10-16(13-24-20)31-25-7-8-26-31/h6-11,13-14,29H,12H2,1-5H3. The fourth-order valence-electron chi connectivity index (χ4n) is 4.49. The topological polar surface area (TPSA) is 95.0 Å². The molecule has 5 heterocycles. The van der Waals surface area contributed by atoms with Crippen LogP contribution in [0, 0.1) is 0 Å². The van der Waals surface area contributed by atoms with Crippen LogP contribution < -0.4 is 10.1 Å². The summed E-state index contributed by atoms with van der Waals surface area (Å²) in [6.07, 6.45) is 12.0. The maximum Gasteiger partial charge on any atom is 0.234 e. The smallest absolute Gasteiger partial charge is 0.234 e. The monoisotopic (exact) mass is 430 g/mol. The van der Waals surface area contributed by atoms with Crippen molar-refractivity contribution in [2.45, 2.75) is 45.2 Å². The average Bonchev–Trinajstić information content (AvgIpc) is 3.40. The van der Waals surface area contributed by atoms with E-state index in [0.717, 1.165) is 12.1 Å². The highest BCUT2D eigenvalue weighted by Crippen LogP contribution is 2.33. The molecule has 1 N–H and O–H groups in total. The van der Waals surface area contributed by atoms with E-state index in [4.69, 9.17) is 14.7 Å². The van der Waals surface area contributed by atoms with E-state index in [1.165, 1.54) is 10.4 Å². The number of hydrogen-bond donors (Lipinski definition) is 1. The van der Waals surface area contributed by atoms with Gasteiger partial charge in [-0.3, -0.25) is 4.40 Å². The zero-order chi connectivity index (χ0) is 22.5. The van der Waals surface area contributed by atoms with E-state index in [1.807, 2.05) is 28.9 Å². The normalized spacial score (nSPS) is 17.3. The van der Waals surface area contributed by atoms with Gasteiger partial charge < -0.3 is 10.1 Å². The molecule has 0 fully saturated rings. The van der Waals surface area contributed by atoms with Crippen LogP contribution in [-0.4, -0.2) is 52.5 Å². The first-order valence-electron chi connectivity index (χ1n) is 10.5. The number of fused-ring (bicyclic) bond motifs is 1. The molecule has 32 heavy (non-hydrogen) atoms. The van der Waals surface area contributed by atoms with Gasteiger partial charge in [0.15, 0.2) is 0 Å². The third-order valence-corrected chi connectivity index (χ3v) is 5.43. The van der Waals surface area contributed by atoms with Crippen LogP contribution in [0.4, 0.5) is 0 Å². The Bertz CT molecular complexity index is 1320. The molecular weight excluding hydrogens is 404 g/mol. The highest BCUT2D eigenvalue weighted by atomic mass is 16.5. The van der Waals surface area contributed by atoms with E-state index in [-0.39, 0.29) is 11.1 Å². The number of ether oxygens (including phenoxy) is 1. The van der Waals surface area contributed by atoms with Crippen molar-refractivity contribution in [1.29, 1.82) is 0 Å². The molecule has 9 heteroatoms. The molecule has 4 aromatic rings. The van der Waals surface area contributed by atoms with Crippen LogP contribution in [0.1, 0.15) is 39.8 Å². The molecule has 5 rings (SSSR count). The minimum absolute atomic E-state index is 0.00949. The number of hydrogen-bond acceptors (Lipinski definition) is 7. The first-order valence-corrected chi connectivity index (χ1v) is 10.5. The predicted molar refractivity (Wildman–Crippen MR) is 122 cm³/mol. The summed E-state index contributed by atoms with van der Waals surface area (Å²) in [7, 11) is 1.61. The molecule has 4 aromatic heterocycles. The van der Waals surface area contributed by atoms with Gasteiger partial charge in [-0.05, 0) is 45.8 Å². The molecule has 0 amide bonds. The van der Waals surface area contributed by atoms with Gasteiger partial charge in [-0.25, -0.2) is 15.0 Å². The Balaban J connectivity index is 1.53. The van der Waals surface area contributed by atoms with Crippen molar-refractivity contribution in [1.82, 2.24) is 39.7 Å². The Kier molecular flexibility index (Phi) is 4.59. The van der Waals surface area contributed by atoms with Gasteiger partial charge in [-0.2, -0.15) is 10.2 Å². The zero-order valence-electron chi connectivity index (χ0n) is 18.9. The molecule has 9 nitrogen and oxygen atoms in total. The van der Waals surface area contributed by atoms with Gasteiger partial charge in [0.05, 0.1) is 31.4 Å². The van der Waals surface area contributed by atoms with E-state index in [0.29, 0.717) is 28.6 Å². The molecule has 164 valence electrons. The number of imidazole rings is 1. The number of nitrogens with zero attached hydrogens (tertiary/aromatic N) is 7. The van der Waals surface area contributed by atoms with Crippen molar-refractivity contribution in [2.75, 3.05) is 7.11 Å². The van der Waals surface area contributed by atoms with Crippen molar-refractivity contribution < 1.29 is 4.74 Å². The lowest BCUT2D eigenvalue weighted by atomic mass is 9.82. The maximum atomic E-state index is 5.58. The first kappa shape index (κ1) is 20.3. The number of pyridine rings is 1. The highest BCUT2D eigenvalue weighted by Gasteiger charge is 2.33. The van der Waals surface area contributed by atoms with Crippen LogP contribution in [0.2, 0.25) is 0 Å². The largest absolute Gasteiger partial charge is 0.494 e. The number of nitrogens with one attached hydrogen (secondary N) is 1. The quantitative estimate of drug-likeness (QED) is 0.531. The Morgan fingerprint density at radius 2 is 1.81 bits per heavy atom. The van der Waals surface area contributed by atoms with Gasteiger partial charge in [0, 0.05) is 29.5 Å². The van der Waals surface area contributed by atoms with Crippen LogP contribution >= 0.6 is 0 Å². The molecule has 1 aliphatic heterocycles. The van der Waals surface area contributed by atoms with Crippen molar-refractivity contribution in [3.63, 3.8) is 0 Å². The van der Waals surface area contributed by atoms with Crippen molar-refractivity contribution >= 4 is 11.4 Å². The summed E-state index contributed by atoms with van der Waals surface area (Å²) in [5.41, 5.74) is 4.08. The first-order chi connectivity index (χ1) is 15.2. The summed E-state index contributed by atoms with van der Waals surface area (Å²) in [4.78, 5) is 15.7. The predicted octanol–water partition coefficient (Wildman–Crippen LogP) is 3.31. The van der Waals surface area contributed by atoms with Crippen molar-refractivity contribution in [2.24, 2.45) is 0 Å². The Hall–Kier alpha value is -3.59. The molecule has 1 aliphatic rings. The number of methoxy groups -OCH3 is 1. The Morgan fingerprint density at radius 1 is 1.06 bits per heavy atom. The molecule has 0 unspecified atom stereocenters. The van der Waals surface area contributed by atoms with Gasteiger partial charge in [0.25, 0.3) is 0 Å². The molecule has 0 aliphatic carbocycles. The fraction of sp³-hybridized carbons (Fsp3) is 0.348. The summed E-state index contributed by atoms with van der Waals surface area (Å²) in [5.74, 6) is 1.21. The van der Waals surface area contributed by atoms with Crippen LogP contribution in [-0.2, 0) is 0 Å².